The van der Waals surface area contributed by atoms with E-state index in [9.17, 15) is 8.42 Å². The summed E-state index contributed by atoms with van der Waals surface area (Å²) < 4.78 is 30.4. The van der Waals surface area contributed by atoms with Crippen LogP contribution in [0.1, 0.15) is 12.5 Å². The maximum Gasteiger partial charge on any atom is 0.278 e. The molecule has 0 amide bonds. The zero-order chi connectivity index (χ0) is 15.6. The quantitative estimate of drug-likeness (QED) is 0.844. The normalized spacial score (nSPS) is 12.4. The molecule has 0 spiro atoms. The van der Waals surface area contributed by atoms with E-state index in [0.717, 1.165) is 22.1 Å². The largest absolute Gasteiger partial charge is 0.347 e. The van der Waals surface area contributed by atoms with Crippen molar-refractivity contribution in [3.8, 4) is 0 Å². The van der Waals surface area contributed by atoms with Crippen LogP contribution in [0.15, 0.2) is 28.9 Å². The Morgan fingerprint density at radius 2 is 2.05 bits per heavy atom. The Kier molecular flexibility index (Phi) is 5.08. The van der Waals surface area contributed by atoms with Crippen LogP contribution in [0.5, 0.6) is 0 Å². The van der Waals surface area contributed by atoms with Crippen molar-refractivity contribution in [2.75, 3.05) is 20.6 Å². The van der Waals surface area contributed by atoms with Gasteiger partial charge in [0.25, 0.3) is 10.2 Å². The average molecular weight is 374 g/mol. The second-order valence-corrected chi connectivity index (χ2v) is 7.92. The summed E-state index contributed by atoms with van der Waals surface area (Å²) >= 11 is 3.49. The summed E-state index contributed by atoms with van der Waals surface area (Å²) in [6, 6.07) is 6.17. The Labute approximate surface area is 134 Å². The molecule has 0 aliphatic rings. The van der Waals surface area contributed by atoms with E-state index in [2.05, 4.69) is 50.5 Å². The smallest absolute Gasteiger partial charge is 0.278 e. The number of hydrogen-bond acceptors (Lipinski definition) is 2. The van der Waals surface area contributed by atoms with E-state index in [1.807, 2.05) is 6.07 Å². The fourth-order valence-electron chi connectivity index (χ4n) is 2.25. The van der Waals surface area contributed by atoms with E-state index >= 15 is 0 Å². The third-order valence-corrected chi connectivity index (χ3v) is 5.45. The van der Waals surface area contributed by atoms with Crippen molar-refractivity contribution >= 4 is 37.0 Å². The molecule has 2 aromatic rings. The minimum Gasteiger partial charge on any atom is -0.347 e. The van der Waals surface area contributed by atoms with Gasteiger partial charge < -0.3 is 4.57 Å². The molecule has 0 aliphatic carbocycles. The summed E-state index contributed by atoms with van der Waals surface area (Å²) in [5.41, 5.74) is 2.32. The van der Waals surface area contributed by atoms with Crippen molar-refractivity contribution < 1.29 is 8.42 Å². The number of rotatable bonds is 6. The highest BCUT2D eigenvalue weighted by atomic mass is 79.9. The molecule has 0 unspecified atom stereocenters. The Morgan fingerprint density at radius 1 is 1.33 bits per heavy atom. The van der Waals surface area contributed by atoms with Crippen molar-refractivity contribution in [1.82, 2.24) is 13.6 Å². The molecular weight excluding hydrogens is 354 g/mol. The van der Waals surface area contributed by atoms with Gasteiger partial charge in [-0.1, -0.05) is 22.0 Å². The fraction of sp³-hybridized carbons (Fsp3) is 0.429. The van der Waals surface area contributed by atoms with Gasteiger partial charge in [-0.05, 0) is 31.0 Å². The first-order chi connectivity index (χ1) is 9.85. The van der Waals surface area contributed by atoms with E-state index in [4.69, 9.17) is 0 Å². The highest BCUT2D eigenvalue weighted by Gasteiger charge is 2.13. The second kappa shape index (κ2) is 6.48. The maximum atomic E-state index is 11.7. The zero-order valence-electron chi connectivity index (χ0n) is 12.4. The highest BCUT2D eigenvalue weighted by molar-refractivity contribution is 9.10. The summed E-state index contributed by atoms with van der Waals surface area (Å²) in [7, 11) is -0.325. The predicted octanol–water partition coefficient (Wildman–Crippen LogP) is 2.36. The summed E-state index contributed by atoms with van der Waals surface area (Å²) in [4.78, 5) is 0. The molecule has 5 nitrogen and oxygen atoms in total. The maximum absolute atomic E-state index is 11.7. The number of aromatic nitrogens is 1. The fourth-order valence-corrected chi connectivity index (χ4v) is 3.21. The molecule has 1 N–H and O–H groups in total. The molecule has 0 atom stereocenters. The van der Waals surface area contributed by atoms with Gasteiger partial charge in [0, 0.05) is 48.8 Å². The first-order valence-electron chi connectivity index (χ1n) is 6.79. The number of nitrogens with one attached hydrogen (secondary N) is 1. The molecule has 0 saturated heterocycles. The SMILES string of the molecule is CCn1cc(CCNS(=O)(=O)N(C)C)c2ccc(Br)cc21. The third-order valence-electron chi connectivity index (χ3n) is 3.43. The summed E-state index contributed by atoms with van der Waals surface area (Å²) in [6.07, 6.45) is 2.76. The van der Waals surface area contributed by atoms with Crippen molar-refractivity contribution in [3.63, 3.8) is 0 Å². The molecule has 116 valence electrons. The molecule has 0 radical (unpaired) electrons. The van der Waals surface area contributed by atoms with Crippen molar-refractivity contribution in [2.24, 2.45) is 0 Å². The lowest BCUT2D eigenvalue weighted by Crippen LogP contribution is -2.36. The predicted molar refractivity (Wildman–Crippen MR) is 89.6 cm³/mol. The molecule has 0 fully saturated rings. The molecule has 0 bridgehead atoms. The molecule has 0 saturated carbocycles. The van der Waals surface area contributed by atoms with Gasteiger partial charge in [0.05, 0.1) is 0 Å². The Bertz CT molecular complexity index is 738. The average Bonchev–Trinajstić information content (AvgIpc) is 2.76. The third kappa shape index (κ3) is 3.66. The lowest BCUT2D eigenvalue weighted by molar-refractivity contribution is 0.506. The lowest BCUT2D eigenvalue weighted by Gasteiger charge is -2.11. The zero-order valence-corrected chi connectivity index (χ0v) is 14.8. The van der Waals surface area contributed by atoms with Crippen LogP contribution in [-0.2, 0) is 23.2 Å². The minimum atomic E-state index is -3.36. The molecule has 2 rings (SSSR count). The summed E-state index contributed by atoms with van der Waals surface area (Å²) in [5.74, 6) is 0. The van der Waals surface area contributed by atoms with Crippen molar-refractivity contribution in [2.45, 2.75) is 19.9 Å². The molecule has 7 heteroatoms. The standard InChI is InChI=1S/C14H20BrN3O2S/c1-4-18-10-11(7-8-16-21(19,20)17(2)3)13-6-5-12(15)9-14(13)18/h5-6,9-10,16H,4,7-8H2,1-3H3. The van der Waals surface area contributed by atoms with Crippen molar-refractivity contribution in [3.05, 3.63) is 34.4 Å². The molecule has 1 aromatic carbocycles. The molecule has 1 aromatic heterocycles. The lowest BCUT2D eigenvalue weighted by atomic mass is 10.1. The number of hydrogen-bond donors (Lipinski definition) is 1. The van der Waals surface area contributed by atoms with E-state index in [1.54, 1.807) is 0 Å². The van der Waals surface area contributed by atoms with Gasteiger partial charge in [-0.3, -0.25) is 0 Å². The first-order valence-corrected chi connectivity index (χ1v) is 9.03. The Morgan fingerprint density at radius 3 is 2.67 bits per heavy atom. The number of fused-ring (bicyclic) bond motifs is 1. The van der Waals surface area contributed by atoms with Crippen LogP contribution >= 0.6 is 15.9 Å². The number of halogens is 1. The van der Waals surface area contributed by atoms with Crippen molar-refractivity contribution in [1.29, 1.82) is 0 Å². The van der Waals surface area contributed by atoms with Gasteiger partial charge in [0.15, 0.2) is 0 Å². The molecule has 0 aliphatic heterocycles. The minimum absolute atomic E-state index is 0.388. The monoisotopic (exact) mass is 373 g/mol. The van der Waals surface area contributed by atoms with Crippen LogP contribution < -0.4 is 4.72 Å². The van der Waals surface area contributed by atoms with Crippen LogP contribution in [0.25, 0.3) is 10.9 Å². The summed E-state index contributed by atoms with van der Waals surface area (Å²) in [6.45, 7) is 3.37. The Balaban J connectivity index is 2.20. The van der Waals surface area contributed by atoms with Crippen LogP contribution in [0, 0.1) is 0 Å². The van der Waals surface area contributed by atoms with Gasteiger partial charge in [-0.25, -0.2) is 4.72 Å². The van der Waals surface area contributed by atoms with Crippen LogP contribution in [0.2, 0.25) is 0 Å². The number of aryl methyl sites for hydroxylation is 1. The van der Waals surface area contributed by atoms with Gasteiger partial charge in [-0.2, -0.15) is 12.7 Å². The van der Waals surface area contributed by atoms with Gasteiger partial charge in [0.1, 0.15) is 0 Å². The van der Waals surface area contributed by atoms with E-state index < -0.39 is 10.2 Å². The summed E-state index contributed by atoms with van der Waals surface area (Å²) in [5, 5.41) is 1.17. The van der Waals surface area contributed by atoms with Crippen LogP contribution in [0.4, 0.5) is 0 Å². The number of nitrogens with zero attached hydrogens (tertiary/aromatic N) is 2. The van der Waals surface area contributed by atoms with Crippen LogP contribution in [-0.4, -0.2) is 37.9 Å². The topological polar surface area (TPSA) is 54.3 Å². The Hall–Kier alpha value is -0.890. The first kappa shape index (κ1) is 16.5. The van der Waals surface area contributed by atoms with Crippen LogP contribution in [0.3, 0.4) is 0 Å². The second-order valence-electron chi connectivity index (χ2n) is 5.03. The molecular formula is C14H20BrN3O2S. The van der Waals surface area contributed by atoms with Gasteiger partial charge >= 0.3 is 0 Å². The van der Waals surface area contributed by atoms with Gasteiger partial charge in [-0.15, -0.1) is 0 Å². The number of benzene rings is 1. The molecule has 21 heavy (non-hydrogen) atoms. The van der Waals surface area contributed by atoms with E-state index in [-0.39, 0.29) is 0 Å². The van der Waals surface area contributed by atoms with E-state index in [1.165, 1.54) is 23.8 Å². The molecule has 1 heterocycles. The van der Waals surface area contributed by atoms with E-state index in [0.29, 0.717) is 13.0 Å². The van der Waals surface area contributed by atoms with Gasteiger partial charge in [0.2, 0.25) is 0 Å². The highest BCUT2D eigenvalue weighted by Crippen LogP contribution is 2.25.